The van der Waals surface area contributed by atoms with Crippen molar-refractivity contribution in [2.24, 2.45) is 5.92 Å². The second-order valence-corrected chi connectivity index (χ2v) is 6.18. The molecule has 0 aliphatic carbocycles. The zero-order valence-electron chi connectivity index (χ0n) is 13.1. The number of nitrogens with one attached hydrogen (secondary N) is 1. The number of rotatable bonds is 7. The van der Waals surface area contributed by atoms with Crippen LogP contribution in [0.15, 0.2) is 18.2 Å². The van der Waals surface area contributed by atoms with Gasteiger partial charge in [-0.2, -0.15) is 8.75 Å². The highest BCUT2D eigenvalue weighted by Gasteiger charge is 2.30. The number of tetrazole rings is 1. The van der Waals surface area contributed by atoms with Crippen molar-refractivity contribution >= 4 is 28.5 Å². The number of Topliss-reactive ketones (excluding diaryl/α,β-unsaturated/α-hetero) is 1. The number of H-pyrrole nitrogens is 1. The van der Waals surface area contributed by atoms with Crippen LogP contribution in [0, 0.1) is 5.92 Å². The Morgan fingerprint density at radius 2 is 2.22 bits per heavy atom. The van der Waals surface area contributed by atoms with E-state index in [4.69, 9.17) is 0 Å². The van der Waals surface area contributed by atoms with Crippen molar-refractivity contribution < 1.29 is 4.79 Å². The van der Waals surface area contributed by atoms with Crippen LogP contribution in [0.3, 0.4) is 0 Å². The number of aromatic amines is 1. The summed E-state index contributed by atoms with van der Waals surface area (Å²) in [4.78, 5) is 12.2. The van der Waals surface area contributed by atoms with Crippen LogP contribution in [-0.2, 0) is 11.2 Å². The Morgan fingerprint density at radius 3 is 2.91 bits per heavy atom. The van der Waals surface area contributed by atoms with Crippen LogP contribution in [0.2, 0.25) is 0 Å². The van der Waals surface area contributed by atoms with E-state index in [-0.39, 0.29) is 17.6 Å². The molecule has 2 atom stereocenters. The summed E-state index contributed by atoms with van der Waals surface area (Å²) in [6.07, 6.45) is 2.40. The first kappa shape index (κ1) is 15.7. The summed E-state index contributed by atoms with van der Waals surface area (Å²) in [5, 5.41) is 14.3. The molecule has 0 aliphatic rings. The topological polar surface area (TPSA) is 97.3 Å². The average Bonchev–Trinajstić information content (AvgIpc) is 3.21. The lowest BCUT2D eigenvalue weighted by atomic mass is 9.81. The molecule has 0 amide bonds. The summed E-state index contributed by atoms with van der Waals surface area (Å²) in [6, 6.07) is 5.95. The molecule has 0 saturated carbocycles. The minimum atomic E-state index is -0.114. The van der Waals surface area contributed by atoms with Crippen molar-refractivity contribution in [3.63, 3.8) is 0 Å². The summed E-state index contributed by atoms with van der Waals surface area (Å²) < 4.78 is 8.67. The van der Waals surface area contributed by atoms with E-state index in [0.29, 0.717) is 12.2 Å². The van der Waals surface area contributed by atoms with Gasteiger partial charge < -0.3 is 0 Å². The predicted octanol–water partition coefficient (Wildman–Crippen LogP) is 2.54. The van der Waals surface area contributed by atoms with Crippen molar-refractivity contribution in [1.82, 2.24) is 29.4 Å². The molecule has 0 aliphatic heterocycles. The lowest BCUT2D eigenvalue weighted by molar-refractivity contribution is -0.121. The van der Waals surface area contributed by atoms with E-state index in [1.165, 1.54) is 11.7 Å². The minimum Gasteiger partial charge on any atom is -0.300 e. The summed E-state index contributed by atoms with van der Waals surface area (Å²) >= 11 is 1.20. The number of hydrogen-bond donors (Lipinski definition) is 1. The quantitative estimate of drug-likeness (QED) is 0.715. The van der Waals surface area contributed by atoms with Gasteiger partial charge in [0.15, 0.2) is 5.82 Å². The van der Waals surface area contributed by atoms with Crippen LogP contribution in [0.4, 0.5) is 0 Å². The highest BCUT2D eigenvalue weighted by molar-refractivity contribution is 7.00. The third-order valence-electron chi connectivity index (χ3n) is 4.13. The second-order valence-electron chi connectivity index (χ2n) is 5.65. The van der Waals surface area contributed by atoms with Crippen molar-refractivity contribution in [2.75, 3.05) is 0 Å². The summed E-state index contributed by atoms with van der Waals surface area (Å²) in [5.41, 5.74) is 2.85. The molecule has 7 nitrogen and oxygen atoms in total. The molecule has 0 bridgehead atoms. The zero-order chi connectivity index (χ0) is 16.2. The summed E-state index contributed by atoms with van der Waals surface area (Å²) in [5.74, 6) is 0.613. The average molecular weight is 330 g/mol. The van der Waals surface area contributed by atoms with Crippen molar-refractivity contribution in [1.29, 1.82) is 0 Å². The van der Waals surface area contributed by atoms with Gasteiger partial charge in [-0.1, -0.05) is 25.5 Å². The number of aromatic nitrogens is 6. The van der Waals surface area contributed by atoms with Gasteiger partial charge in [0.2, 0.25) is 0 Å². The first-order valence-corrected chi connectivity index (χ1v) is 8.38. The summed E-state index contributed by atoms with van der Waals surface area (Å²) in [7, 11) is 0. The molecule has 1 N–H and O–H groups in total. The lowest BCUT2D eigenvalue weighted by Gasteiger charge is -2.22. The highest BCUT2D eigenvalue weighted by Crippen LogP contribution is 2.32. The standard InChI is InChI=1S/C15H18N6OS/c1-3-5-11(9(2)22)12(15-16-20-21-17-15)8-10-6-4-7-13-14(10)19-23-18-13/h4,6-7,11-12H,3,5,8H2,1-2H3,(H,16,17,20,21)/t11-,12+/m1/s1. The minimum absolute atomic E-state index is 0.0882. The molecule has 0 spiro atoms. The zero-order valence-corrected chi connectivity index (χ0v) is 13.9. The van der Waals surface area contributed by atoms with Crippen molar-refractivity contribution in [3.8, 4) is 0 Å². The summed E-state index contributed by atoms with van der Waals surface area (Å²) in [6.45, 7) is 3.72. The van der Waals surface area contributed by atoms with E-state index in [0.717, 1.165) is 29.4 Å². The fourth-order valence-electron chi connectivity index (χ4n) is 3.02. The molecule has 8 heteroatoms. The molecule has 0 radical (unpaired) electrons. The van der Waals surface area contributed by atoms with Gasteiger partial charge in [0, 0.05) is 11.8 Å². The van der Waals surface area contributed by atoms with Gasteiger partial charge in [-0.05, 0) is 41.8 Å². The van der Waals surface area contributed by atoms with Crippen LogP contribution in [0.25, 0.3) is 11.0 Å². The van der Waals surface area contributed by atoms with Crippen LogP contribution in [-0.4, -0.2) is 35.2 Å². The van der Waals surface area contributed by atoms with Gasteiger partial charge in [0.05, 0.1) is 11.7 Å². The van der Waals surface area contributed by atoms with Crippen LogP contribution in [0.5, 0.6) is 0 Å². The van der Waals surface area contributed by atoms with E-state index in [2.05, 4.69) is 36.3 Å². The normalized spacial score (nSPS) is 14.0. The van der Waals surface area contributed by atoms with Crippen LogP contribution < -0.4 is 0 Å². The molecule has 2 heterocycles. The van der Waals surface area contributed by atoms with E-state index >= 15 is 0 Å². The monoisotopic (exact) mass is 330 g/mol. The number of ketones is 1. The first-order chi connectivity index (χ1) is 11.2. The third kappa shape index (κ3) is 3.26. The maximum absolute atomic E-state index is 12.2. The highest BCUT2D eigenvalue weighted by atomic mass is 32.1. The fraction of sp³-hybridized carbons (Fsp3) is 0.467. The molecular weight excluding hydrogens is 312 g/mol. The number of hydrogen-bond acceptors (Lipinski definition) is 7. The van der Waals surface area contributed by atoms with Crippen LogP contribution >= 0.6 is 11.7 Å². The van der Waals surface area contributed by atoms with Crippen molar-refractivity contribution in [3.05, 3.63) is 29.6 Å². The Morgan fingerprint density at radius 1 is 1.35 bits per heavy atom. The Balaban J connectivity index is 1.98. The van der Waals surface area contributed by atoms with Crippen LogP contribution in [0.1, 0.15) is 44.0 Å². The van der Waals surface area contributed by atoms with Gasteiger partial charge in [-0.25, -0.2) is 5.10 Å². The smallest absolute Gasteiger partial charge is 0.152 e. The SMILES string of the molecule is CCC[C@H](C(C)=O)[C@H](Cc1cccc2nsnc12)c1nnn[nH]1. The number of nitrogens with zero attached hydrogens (tertiary/aromatic N) is 5. The molecule has 0 fully saturated rings. The molecule has 0 saturated heterocycles. The molecule has 0 unspecified atom stereocenters. The Hall–Kier alpha value is -2.22. The largest absolute Gasteiger partial charge is 0.300 e. The molecule has 3 aromatic rings. The number of carbonyl (C=O) groups is 1. The first-order valence-electron chi connectivity index (χ1n) is 7.65. The Kier molecular flexibility index (Phi) is 4.71. The van der Waals surface area contributed by atoms with Crippen molar-refractivity contribution in [2.45, 2.75) is 39.0 Å². The van der Waals surface area contributed by atoms with Gasteiger partial charge in [-0.3, -0.25) is 4.79 Å². The molecule has 23 heavy (non-hydrogen) atoms. The van der Waals surface area contributed by atoms with Gasteiger partial charge in [0.25, 0.3) is 0 Å². The number of benzene rings is 1. The molecule has 120 valence electrons. The maximum atomic E-state index is 12.2. The number of fused-ring (bicyclic) bond motifs is 1. The Bertz CT molecular complexity index is 784. The predicted molar refractivity (Wildman–Crippen MR) is 87.1 cm³/mol. The lowest BCUT2D eigenvalue weighted by Crippen LogP contribution is -2.23. The third-order valence-corrected chi connectivity index (χ3v) is 4.67. The molecule has 1 aromatic carbocycles. The maximum Gasteiger partial charge on any atom is 0.152 e. The van der Waals surface area contributed by atoms with E-state index in [9.17, 15) is 4.79 Å². The Labute approximate surface area is 137 Å². The van der Waals surface area contributed by atoms with E-state index in [1.807, 2.05) is 18.2 Å². The van der Waals surface area contributed by atoms with E-state index in [1.54, 1.807) is 6.92 Å². The molecular formula is C15H18N6OS. The van der Waals surface area contributed by atoms with Gasteiger partial charge >= 0.3 is 0 Å². The van der Waals surface area contributed by atoms with Gasteiger partial charge in [0.1, 0.15) is 16.8 Å². The van der Waals surface area contributed by atoms with E-state index < -0.39 is 0 Å². The second kappa shape index (κ2) is 6.91. The fourth-order valence-corrected chi connectivity index (χ4v) is 3.58. The molecule has 2 aromatic heterocycles. The molecule has 3 rings (SSSR count). The number of carbonyl (C=O) groups excluding carboxylic acids is 1. The van der Waals surface area contributed by atoms with Gasteiger partial charge in [-0.15, -0.1) is 5.10 Å².